The number of carbonyl (C=O) groups is 4. The summed E-state index contributed by atoms with van der Waals surface area (Å²) in [5.74, 6) is -0.800. The van der Waals surface area contributed by atoms with Crippen LogP contribution in [0.4, 0.5) is 0 Å². The topological polar surface area (TPSA) is 124 Å². The van der Waals surface area contributed by atoms with E-state index in [2.05, 4.69) is 13.2 Å². The zero-order chi connectivity index (χ0) is 31.0. The molecule has 3 aromatic carbocycles. The molecule has 0 fully saturated rings. The molecule has 0 N–H and O–H groups in total. The van der Waals surface area contributed by atoms with Crippen LogP contribution >= 0.6 is 0 Å². The Labute approximate surface area is 249 Å². The van der Waals surface area contributed by atoms with Gasteiger partial charge in [0.05, 0.1) is 24.3 Å². The maximum Gasteiger partial charge on any atom is 0.343 e. The molecule has 0 atom stereocenters. The molecule has 0 unspecified atom stereocenters. The summed E-state index contributed by atoms with van der Waals surface area (Å²) in [7, 11) is 0. The van der Waals surface area contributed by atoms with Crippen molar-refractivity contribution in [2.75, 3.05) is 26.4 Å². The normalized spacial score (nSPS) is 10.3. The molecular formula is C33H32O10. The largest absolute Gasteiger partial charge is 0.491 e. The minimum absolute atomic E-state index is 0.127. The van der Waals surface area contributed by atoms with Crippen molar-refractivity contribution < 1.29 is 47.6 Å². The summed E-state index contributed by atoms with van der Waals surface area (Å²) < 4.78 is 31.9. The van der Waals surface area contributed by atoms with E-state index >= 15 is 0 Å². The Morgan fingerprint density at radius 3 is 1.86 bits per heavy atom. The molecule has 10 nitrogen and oxygen atoms in total. The van der Waals surface area contributed by atoms with E-state index in [1.54, 1.807) is 42.5 Å². The molecule has 43 heavy (non-hydrogen) atoms. The van der Waals surface area contributed by atoms with Crippen molar-refractivity contribution in [2.45, 2.75) is 19.8 Å². The van der Waals surface area contributed by atoms with Gasteiger partial charge in [-0.05, 0) is 78.7 Å². The molecule has 10 heteroatoms. The van der Waals surface area contributed by atoms with E-state index in [9.17, 15) is 19.2 Å². The highest BCUT2D eigenvalue weighted by Crippen LogP contribution is 2.27. The van der Waals surface area contributed by atoms with E-state index in [-0.39, 0.29) is 31.1 Å². The van der Waals surface area contributed by atoms with Crippen molar-refractivity contribution >= 4 is 23.9 Å². The maximum absolute atomic E-state index is 12.7. The Balaban J connectivity index is 1.53. The minimum Gasteiger partial charge on any atom is -0.491 e. The lowest BCUT2D eigenvalue weighted by Crippen LogP contribution is -2.13. The Hall–Kier alpha value is -5.22. The van der Waals surface area contributed by atoms with Crippen LogP contribution in [-0.4, -0.2) is 50.3 Å². The number of benzene rings is 3. The third-order valence-corrected chi connectivity index (χ3v) is 5.66. The zero-order valence-electron chi connectivity index (χ0n) is 23.7. The molecule has 0 saturated carbocycles. The van der Waals surface area contributed by atoms with Crippen LogP contribution in [0.25, 0.3) is 0 Å². The smallest absolute Gasteiger partial charge is 0.343 e. The highest BCUT2D eigenvalue weighted by Gasteiger charge is 2.15. The van der Waals surface area contributed by atoms with Gasteiger partial charge in [0.2, 0.25) is 0 Å². The van der Waals surface area contributed by atoms with Gasteiger partial charge in [-0.2, -0.15) is 0 Å². The minimum atomic E-state index is -0.604. The van der Waals surface area contributed by atoms with Gasteiger partial charge in [0, 0.05) is 12.2 Å². The molecular weight excluding hydrogens is 556 g/mol. The molecule has 0 heterocycles. The van der Waals surface area contributed by atoms with Crippen LogP contribution in [0.2, 0.25) is 0 Å². The molecule has 3 rings (SSSR count). The number of esters is 4. The fourth-order valence-electron chi connectivity index (χ4n) is 3.59. The standard InChI is InChI=1S/C33H32O10/c1-4-7-25-22-28(16-17-29(25)43-33(37)24-10-14-27(15-11-24)41-31(35)6-3)42-32(36)23-8-12-26(13-9-23)39-20-18-38-19-21-40-30(34)5-2/h5-6,8-17,22H,2-4,7,18-21H2,1H3. The Morgan fingerprint density at radius 1 is 0.651 bits per heavy atom. The molecule has 0 aliphatic rings. The average Bonchev–Trinajstić information content (AvgIpc) is 3.02. The molecule has 0 aliphatic heterocycles. The van der Waals surface area contributed by atoms with E-state index < -0.39 is 23.9 Å². The van der Waals surface area contributed by atoms with Crippen LogP contribution in [0, 0.1) is 0 Å². The predicted octanol–water partition coefficient (Wildman–Crippen LogP) is 5.29. The SMILES string of the molecule is C=CC(=O)OCCOCCOc1ccc(C(=O)Oc2ccc(OC(=O)c3ccc(OC(=O)C=C)cc3)c(CCC)c2)cc1. The Morgan fingerprint density at radius 2 is 1.23 bits per heavy atom. The van der Waals surface area contributed by atoms with Gasteiger partial charge in [-0.3, -0.25) is 0 Å². The summed E-state index contributed by atoms with van der Waals surface area (Å²) >= 11 is 0. The van der Waals surface area contributed by atoms with Gasteiger partial charge in [-0.15, -0.1) is 0 Å². The Bertz CT molecular complexity index is 1430. The first-order chi connectivity index (χ1) is 20.8. The number of carbonyl (C=O) groups excluding carboxylic acids is 4. The fourth-order valence-corrected chi connectivity index (χ4v) is 3.59. The van der Waals surface area contributed by atoms with Gasteiger partial charge in [0.1, 0.15) is 36.2 Å². The second kappa shape index (κ2) is 16.9. The van der Waals surface area contributed by atoms with Crippen molar-refractivity contribution in [3.8, 4) is 23.0 Å². The molecule has 0 amide bonds. The van der Waals surface area contributed by atoms with E-state index in [1.807, 2.05) is 6.92 Å². The van der Waals surface area contributed by atoms with Crippen LogP contribution in [0.3, 0.4) is 0 Å². The van der Waals surface area contributed by atoms with Gasteiger partial charge in [-0.1, -0.05) is 26.5 Å². The zero-order valence-corrected chi connectivity index (χ0v) is 23.7. The quantitative estimate of drug-likeness (QED) is 0.0943. The van der Waals surface area contributed by atoms with Crippen LogP contribution in [-0.2, 0) is 25.5 Å². The van der Waals surface area contributed by atoms with E-state index in [1.165, 1.54) is 24.3 Å². The molecule has 0 aliphatic carbocycles. The lowest BCUT2D eigenvalue weighted by Gasteiger charge is -2.12. The summed E-state index contributed by atoms with van der Waals surface area (Å²) in [4.78, 5) is 47.8. The van der Waals surface area contributed by atoms with Crippen molar-refractivity contribution in [1.82, 2.24) is 0 Å². The lowest BCUT2D eigenvalue weighted by molar-refractivity contribution is -0.139. The van der Waals surface area contributed by atoms with Crippen molar-refractivity contribution in [3.05, 3.63) is 109 Å². The van der Waals surface area contributed by atoms with Crippen molar-refractivity contribution in [3.63, 3.8) is 0 Å². The fraction of sp³-hybridized carbons (Fsp3) is 0.212. The summed E-state index contributed by atoms with van der Waals surface area (Å²) in [5.41, 5.74) is 1.28. The molecule has 0 aromatic heterocycles. The molecule has 0 spiro atoms. The van der Waals surface area contributed by atoms with Gasteiger partial charge in [0.25, 0.3) is 0 Å². The Kier molecular flexibility index (Phi) is 12.7. The highest BCUT2D eigenvalue weighted by molar-refractivity contribution is 5.92. The molecule has 0 radical (unpaired) electrons. The monoisotopic (exact) mass is 588 g/mol. The second-order valence-electron chi connectivity index (χ2n) is 8.81. The van der Waals surface area contributed by atoms with Crippen molar-refractivity contribution in [1.29, 1.82) is 0 Å². The van der Waals surface area contributed by atoms with Gasteiger partial charge in [-0.25, -0.2) is 19.2 Å². The van der Waals surface area contributed by atoms with Crippen LogP contribution < -0.4 is 18.9 Å². The maximum atomic E-state index is 12.7. The second-order valence-corrected chi connectivity index (χ2v) is 8.81. The van der Waals surface area contributed by atoms with E-state index in [0.29, 0.717) is 41.4 Å². The third kappa shape index (κ3) is 10.6. The van der Waals surface area contributed by atoms with Gasteiger partial charge >= 0.3 is 23.9 Å². The summed E-state index contributed by atoms with van der Waals surface area (Å²) in [6.07, 6.45) is 3.47. The van der Waals surface area contributed by atoms with Crippen molar-refractivity contribution in [2.24, 2.45) is 0 Å². The molecule has 0 saturated heterocycles. The third-order valence-electron chi connectivity index (χ3n) is 5.66. The van der Waals surface area contributed by atoms with E-state index in [4.69, 9.17) is 28.4 Å². The summed E-state index contributed by atoms with van der Waals surface area (Å²) in [6.45, 7) is 9.55. The van der Waals surface area contributed by atoms with Crippen LogP contribution in [0.1, 0.15) is 39.6 Å². The highest BCUT2D eigenvalue weighted by atomic mass is 16.6. The summed E-state index contributed by atoms with van der Waals surface area (Å²) in [5, 5.41) is 0. The van der Waals surface area contributed by atoms with Crippen LogP contribution in [0.5, 0.6) is 23.0 Å². The number of aryl methyl sites for hydroxylation is 1. The first-order valence-electron chi connectivity index (χ1n) is 13.4. The molecule has 224 valence electrons. The number of hydrogen-bond donors (Lipinski definition) is 0. The predicted molar refractivity (Wildman–Crippen MR) is 157 cm³/mol. The average molecular weight is 589 g/mol. The van der Waals surface area contributed by atoms with E-state index in [0.717, 1.165) is 18.6 Å². The first-order valence-corrected chi connectivity index (χ1v) is 13.4. The lowest BCUT2D eigenvalue weighted by atomic mass is 10.1. The number of rotatable bonds is 16. The first kappa shape index (κ1) is 32.3. The van der Waals surface area contributed by atoms with Gasteiger partial charge < -0.3 is 28.4 Å². The number of hydrogen-bond acceptors (Lipinski definition) is 10. The van der Waals surface area contributed by atoms with Gasteiger partial charge in [0.15, 0.2) is 0 Å². The number of ether oxygens (including phenoxy) is 6. The molecule has 3 aromatic rings. The summed E-state index contributed by atoms with van der Waals surface area (Å²) in [6, 6.07) is 17.2. The molecule has 0 bridgehead atoms. The van der Waals surface area contributed by atoms with Crippen LogP contribution in [0.15, 0.2) is 92.0 Å².